The molecule has 0 spiro atoms. The second-order valence-corrected chi connectivity index (χ2v) is 5.76. The van der Waals surface area contributed by atoms with Crippen LogP contribution in [0.2, 0.25) is 0 Å². The van der Waals surface area contributed by atoms with Gasteiger partial charge in [-0.25, -0.2) is 0 Å². The van der Waals surface area contributed by atoms with E-state index in [1.165, 1.54) is 51.7 Å². The molecular weight excluding hydrogens is 212 g/mol. The molecule has 3 nitrogen and oxygen atoms in total. The maximum atomic E-state index is 5.72. The number of rotatable bonds is 6. The van der Waals surface area contributed by atoms with Crippen molar-refractivity contribution in [3.05, 3.63) is 0 Å². The molecule has 2 saturated heterocycles. The number of likely N-dealkylation sites (tertiary alicyclic amines) is 1. The highest BCUT2D eigenvalue weighted by molar-refractivity contribution is 4.71. The largest absolute Gasteiger partial charge is 0.377 e. The van der Waals surface area contributed by atoms with Gasteiger partial charge in [-0.1, -0.05) is 6.92 Å². The lowest BCUT2D eigenvalue weighted by Gasteiger charge is -2.25. The maximum absolute atomic E-state index is 5.72. The van der Waals surface area contributed by atoms with E-state index in [9.17, 15) is 0 Å². The Morgan fingerprint density at radius 2 is 2.06 bits per heavy atom. The summed E-state index contributed by atoms with van der Waals surface area (Å²) in [7, 11) is 0. The van der Waals surface area contributed by atoms with Crippen molar-refractivity contribution in [2.75, 3.05) is 39.3 Å². The fraction of sp³-hybridized carbons (Fsp3) is 1.00. The monoisotopic (exact) mass is 240 g/mol. The van der Waals surface area contributed by atoms with Gasteiger partial charge in [-0.3, -0.25) is 0 Å². The third-order valence-electron chi connectivity index (χ3n) is 3.91. The molecule has 0 amide bonds. The lowest BCUT2D eigenvalue weighted by Crippen LogP contribution is -2.36. The Balaban J connectivity index is 1.51. The van der Waals surface area contributed by atoms with E-state index < -0.39 is 0 Å². The van der Waals surface area contributed by atoms with Crippen molar-refractivity contribution in [3.8, 4) is 0 Å². The number of nitrogens with one attached hydrogen (secondary N) is 1. The zero-order valence-corrected chi connectivity index (χ0v) is 11.3. The lowest BCUT2D eigenvalue weighted by molar-refractivity contribution is 0.0164. The first-order valence-electron chi connectivity index (χ1n) is 7.39. The molecule has 0 bridgehead atoms. The van der Waals surface area contributed by atoms with Crippen molar-refractivity contribution >= 4 is 0 Å². The van der Waals surface area contributed by atoms with Crippen molar-refractivity contribution in [2.24, 2.45) is 5.92 Å². The lowest BCUT2D eigenvalue weighted by atomic mass is 10.1. The van der Waals surface area contributed by atoms with E-state index >= 15 is 0 Å². The van der Waals surface area contributed by atoms with Crippen LogP contribution in [0.25, 0.3) is 0 Å². The molecule has 0 aliphatic carbocycles. The number of hydrogen-bond acceptors (Lipinski definition) is 3. The minimum absolute atomic E-state index is 0.475. The Hall–Kier alpha value is -0.120. The summed E-state index contributed by atoms with van der Waals surface area (Å²) in [5, 5.41) is 3.58. The molecule has 0 aromatic rings. The molecule has 1 N–H and O–H groups in total. The molecule has 2 heterocycles. The zero-order valence-electron chi connectivity index (χ0n) is 11.3. The van der Waals surface area contributed by atoms with Gasteiger partial charge >= 0.3 is 0 Å². The molecule has 2 atom stereocenters. The van der Waals surface area contributed by atoms with Crippen LogP contribution in [-0.2, 0) is 4.74 Å². The highest BCUT2D eigenvalue weighted by Gasteiger charge is 2.16. The van der Waals surface area contributed by atoms with Crippen LogP contribution in [0.3, 0.4) is 0 Å². The van der Waals surface area contributed by atoms with Gasteiger partial charge in [0.05, 0.1) is 6.10 Å². The van der Waals surface area contributed by atoms with Gasteiger partial charge in [0.1, 0.15) is 0 Å². The smallest absolute Gasteiger partial charge is 0.0699 e. The molecule has 0 aromatic carbocycles. The summed E-state index contributed by atoms with van der Waals surface area (Å²) in [6.45, 7) is 9.40. The Morgan fingerprint density at radius 3 is 2.76 bits per heavy atom. The second kappa shape index (κ2) is 7.34. The van der Waals surface area contributed by atoms with Gasteiger partial charge in [0.2, 0.25) is 0 Å². The van der Waals surface area contributed by atoms with E-state index in [-0.39, 0.29) is 0 Å². The molecule has 2 unspecified atom stereocenters. The van der Waals surface area contributed by atoms with E-state index in [4.69, 9.17) is 4.74 Å². The van der Waals surface area contributed by atoms with Crippen molar-refractivity contribution < 1.29 is 4.74 Å². The second-order valence-electron chi connectivity index (χ2n) is 5.76. The predicted molar refractivity (Wildman–Crippen MR) is 71.3 cm³/mol. The van der Waals surface area contributed by atoms with Gasteiger partial charge in [0.15, 0.2) is 0 Å². The molecule has 2 rings (SSSR count). The van der Waals surface area contributed by atoms with E-state index in [1.807, 2.05) is 0 Å². The van der Waals surface area contributed by atoms with Gasteiger partial charge in [-0.2, -0.15) is 0 Å². The number of ether oxygens (including phenoxy) is 1. The molecule has 17 heavy (non-hydrogen) atoms. The minimum atomic E-state index is 0.475. The first kappa shape index (κ1) is 13.3. The fourth-order valence-electron chi connectivity index (χ4n) is 2.93. The van der Waals surface area contributed by atoms with Gasteiger partial charge in [-0.15, -0.1) is 0 Å². The minimum Gasteiger partial charge on any atom is -0.377 e. The molecule has 3 heteroatoms. The Bertz CT molecular complexity index is 198. The summed E-state index contributed by atoms with van der Waals surface area (Å²) in [5.74, 6) is 0.761. The van der Waals surface area contributed by atoms with Crippen LogP contribution in [0.15, 0.2) is 0 Å². The van der Waals surface area contributed by atoms with Crippen molar-refractivity contribution in [1.29, 1.82) is 0 Å². The summed E-state index contributed by atoms with van der Waals surface area (Å²) >= 11 is 0. The SMILES string of the molecule is CC(CNCC1CCCCO1)CN1CCCC1. The molecule has 2 aliphatic rings. The van der Waals surface area contributed by atoms with E-state index in [0.29, 0.717) is 6.10 Å². The molecule has 2 fully saturated rings. The van der Waals surface area contributed by atoms with E-state index in [0.717, 1.165) is 25.6 Å². The summed E-state index contributed by atoms with van der Waals surface area (Å²) in [5.41, 5.74) is 0. The summed E-state index contributed by atoms with van der Waals surface area (Å²) in [6.07, 6.45) is 7.11. The van der Waals surface area contributed by atoms with Crippen LogP contribution in [0.1, 0.15) is 39.0 Å². The zero-order chi connectivity index (χ0) is 11.9. The molecule has 0 aromatic heterocycles. The molecule has 0 radical (unpaired) electrons. The fourth-order valence-corrected chi connectivity index (χ4v) is 2.93. The molecule has 2 aliphatic heterocycles. The summed E-state index contributed by atoms with van der Waals surface area (Å²) < 4.78 is 5.72. The van der Waals surface area contributed by atoms with Gasteiger partial charge in [-0.05, 0) is 57.7 Å². The first-order valence-corrected chi connectivity index (χ1v) is 7.39. The molecule has 0 saturated carbocycles. The Kier molecular flexibility index (Phi) is 5.75. The van der Waals surface area contributed by atoms with Crippen molar-refractivity contribution in [1.82, 2.24) is 10.2 Å². The molecular formula is C14H28N2O. The van der Waals surface area contributed by atoms with Gasteiger partial charge in [0.25, 0.3) is 0 Å². The predicted octanol–water partition coefficient (Wildman–Crippen LogP) is 1.88. The normalized spacial score (nSPS) is 28.4. The first-order chi connectivity index (χ1) is 8.34. The van der Waals surface area contributed by atoms with Crippen LogP contribution >= 0.6 is 0 Å². The average molecular weight is 240 g/mol. The van der Waals surface area contributed by atoms with Crippen molar-refractivity contribution in [2.45, 2.75) is 45.1 Å². The number of hydrogen-bond donors (Lipinski definition) is 1. The average Bonchev–Trinajstić information content (AvgIpc) is 2.83. The Labute approximate surface area is 106 Å². The van der Waals surface area contributed by atoms with Gasteiger partial charge < -0.3 is 15.0 Å². The van der Waals surface area contributed by atoms with Crippen LogP contribution in [0.4, 0.5) is 0 Å². The highest BCUT2D eigenvalue weighted by Crippen LogP contribution is 2.12. The van der Waals surface area contributed by atoms with E-state index in [1.54, 1.807) is 0 Å². The van der Waals surface area contributed by atoms with Crippen LogP contribution in [0.5, 0.6) is 0 Å². The van der Waals surface area contributed by atoms with Crippen LogP contribution < -0.4 is 5.32 Å². The topological polar surface area (TPSA) is 24.5 Å². The van der Waals surface area contributed by atoms with Gasteiger partial charge in [0, 0.05) is 19.7 Å². The number of nitrogens with zero attached hydrogens (tertiary/aromatic N) is 1. The highest BCUT2D eigenvalue weighted by atomic mass is 16.5. The Morgan fingerprint density at radius 1 is 1.24 bits per heavy atom. The van der Waals surface area contributed by atoms with Crippen LogP contribution in [-0.4, -0.2) is 50.3 Å². The van der Waals surface area contributed by atoms with Crippen LogP contribution in [0, 0.1) is 5.92 Å². The standard InChI is InChI=1S/C14H28N2O/c1-13(12-16-7-3-4-8-16)10-15-11-14-6-2-5-9-17-14/h13-15H,2-12H2,1H3. The third kappa shape index (κ3) is 4.94. The third-order valence-corrected chi connectivity index (χ3v) is 3.91. The maximum Gasteiger partial charge on any atom is 0.0699 e. The molecule has 100 valence electrons. The summed E-state index contributed by atoms with van der Waals surface area (Å²) in [4.78, 5) is 2.60. The quantitative estimate of drug-likeness (QED) is 0.767. The van der Waals surface area contributed by atoms with Crippen molar-refractivity contribution in [3.63, 3.8) is 0 Å². The van der Waals surface area contributed by atoms with E-state index in [2.05, 4.69) is 17.1 Å². The summed E-state index contributed by atoms with van der Waals surface area (Å²) in [6, 6.07) is 0.